The van der Waals surface area contributed by atoms with Gasteiger partial charge in [0.25, 0.3) is 11.1 Å². The molecule has 0 aliphatic carbocycles. The van der Waals surface area contributed by atoms with Gasteiger partial charge in [0.2, 0.25) is 0 Å². The van der Waals surface area contributed by atoms with E-state index < -0.39 is 0 Å². The monoisotopic (exact) mass is 447 g/mol. The fourth-order valence-electron chi connectivity index (χ4n) is 3.42. The minimum atomic E-state index is -0.332. The summed E-state index contributed by atoms with van der Waals surface area (Å²) < 4.78 is 19.7. The van der Waals surface area contributed by atoms with E-state index in [-0.39, 0.29) is 23.6 Å². The molecule has 6 heteroatoms. The van der Waals surface area contributed by atoms with E-state index in [2.05, 4.69) is 0 Å². The molecule has 2 amide bonds. The number of benzene rings is 3. The number of hydrogen-bond acceptors (Lipinski definition) is 4. The van der Waals surface area contributed by atoms with Gasteiger partial charge in [-0.15, -0.1) is 0 Å². The first-order valence-electron chi connectivity index (χ1n) is 10.4. The Morgan fingerprint density at radius 2 is 1.62 bits per heavy atom. The molecule has 162 valence electrons. The summed E-state index contributed by atoms with van der Waals surface area (Å²) in [5, 5.41) is -0.265. The SMILES string of the molecule is O=C1S/C(=C/c2ccccc2OCc2ccccc2F)C(=O)N1CCCc1ccccc1. The third-order valence-corrected chi connectivity index (χ3v) is 6.02. The lowest BCUT2D eigenvalue weighted by Crippen LogP contribution is -2.29. The Bertz CT molecular complexity index is 1150. The lowest BCUT2D eigenvalue weighted by molar-refractivity contribution is -0.122. The Labute approximate surface area is 190 Å². The van der Waals surface area contributed by atoms with Crippen molar-refractivity contribution in [2.24, 2.45) is 0 Å². The van der Waals surface area contributed by atoms with Crippen molar-refractivity contribution in [2.45, 2.75) is 19.4 Å². The largest absolute Gasteiger partial charge is 0.488 e. The Kier molecular flexibility index (Phi) is 7.02. The van der Waals surface area contributed by atoms with Crippen LogP contribution >= 0.6 is 11.8 Å². The smallest absolute Gasteiger partial charge is 0.293 e. The van der Waals surface area contributed by atoms with E-state index in [1.807, 2.05) is 42.5 Å². The van der Waals surface area contributed by atoms with Gasteiger partial charge in [0.15, 0.2) is 0 Å². The molecular weight excluding hydrogens is 425 g/mol. The van der Waals surface area contributed by atoms with Crippen LogP contribution in [-0.4, -0.2) is 22.6 Å². The first-order valence-corrected chi connectivity index (χ1v) is 11.2. The molecular formula is C26H22FNO3S. The summed E-state index contributed by atoms with van der Waals surface area (Å²) in [4.78, 5) is 26.9. The van der Waals surface area contributed by atoms with Crippen LogP contribution in [0.4, 0.5) is 9.18 Å². The number of rotatable bonds is 8. The van der Waals surface area contributed by atoms with Crippen molar-refractivity contribution in [1.29, 1.82) is 0 Å². The number of nitrogens with zero attached hydrogens (tertiary/aromatic N) is 1. The maximum atomic E-state index is 13.9. The van der Waals surface area contributed by atoms with E-state index in [1.54, 1.807) is 36.4 Å². The van der Waals surface area contributed by atoms with Gasteiger partial charge in [-0.2, -0.15) is 0 Å². The van der Waals surface area contributed by atoms with Crippen LogP contribution < -0.4 is 4.74 Å². The van der Waals surface area contributed by atoms with Gasteiger partial charge < -0.3 is 4.74 Å². The van der Waals surface area contributed by atoms with Crippen LogP contribution in [0.15, 0.2) is 83.8 Å². The molecule has 1 fully saturated rings. The summed E-state index contributed by atoms with van der Waals surface area (Å²) in [6, 6.07) is 23.6. The minimum absolute atomic E-state index is 0.0679. The van der Waals surface area contributed by atoms with E-state index >= 15 is 0 Å². The molecule has 0 N–H and O–H groups in total. The molecule has 0 bridgehead atoms. The zero-order chi connectivity index (χ0) is 22.3. The van der Waals surface area contributed by atoms with Crippen molar-refractivity contribution >= 4 is 29.0 Å². The summed E-state index contributed by atoms with van der Waals surface area (Å²) in [5.74, 6) is -0.106. The number of aryl methyl sites for hydroxylation is 1. The zero-order valence-corrected chi connectivity index (χ0v) is 18.2. The summed E-state index contributed by atoms with van der Waals surface area (Å²) >= 11 is 0.931. The van der Waals surface area contributed by atoms with Crippen molar-refractivity contribution in [2.75, 3.05) is 6.54 Å². The molecule has 0 saturated carbocycles. The molecule has 0 spiro atoms. The van der Waals surface area contributed by atoms with Crippen LogP contribution in [0.1, 0.15) is 23.1 Å². The van der Waals surface area contributed by atoms with E-state index in [4.69, 9.17) is 4.74 Å². The van der Waals surface area contributed by atoms with Gasteiger partial charge >= 0.3 is 0 Å². The molecule has 4 nitrogen and oxygen atoms in total. The summed E-state index contributed by atoms with van der Waals surface area (Å²) in [5.41, 5.74) is 2.29. The van der Waals surface area contributed by atoms with Crippen molar-refractivity contribution in [3.63, 3.8) is 0 Å². The van der Waals surface area contributed by atoms with Crippen molar-refractivity contribution < 1.29 is 18.7 Å². The number of carbonyl (C=O) groups excluding carboxylic acids is 2. The third kappa shape index (κ3) is 5.26. The number of amides is 2. The number of carbonyl (C=O) groups is 2. The third-order valence-electron chi connectivity index (χ3n) is 5.11. The minimum Gasteiger partial charge on any atom is -0.488 e. The Morgan fingerprint density at radius 1 is 0.906 bits per heavy atom. The molecule has 4 rings (SSSR count). The molecule has 32 heavy (non-hydrogen) atoms. The number of halogens is 1. The van der Waals surface area contributed by atoms with Gasteiger partial charge in [-0.25, -0.2) is 4.39 Å². The lowest BCUT2D eigenvalue weighted by atomic mass is 10.1. The van der Waals surface area contributed by atoms with E-state index in [9.17, 15) is 14.0 Å². The Hall–Kier alpha value is -3.38. The maximum Gasteiger partial charge on any atom is 0.293 e. The van der Waals surface area contributed by atoms with E-state index in [1.165, 1.54) is 16.5 Å². The Morgan fingerprint density at radius 3 is 2.44 bits per heavy atom. The average Bonchev–Trinajstić information content (AvgIpc) is 3.07. The second-order valence-electron chi connectivity index (χ2n) is 7.34. The highest BCUT2D eigenvalue weighted by Gasteiger charge is 2.34. The highest BCUT2D eigenvalue weighted by Crippen LogP contribution is 2.34. The topological polar surface area (TPSA) is 46.6 Å². The molecule has 3 aromatic carbocycles. The predicted octanol–water partition coefficient (Wildman–Crippen LogP) is 6.07. The average molecular weight is 448 g/mol. The van der Waals surface area contributed by atoms with Gasteiger partial charge in [0.1, 0.15) is 18.2 Å². The molecule has 3 aromatic rings. The summed E-state index contributed by atoms with van der Waals surface area (Å²) in [6.45, 7) is 0.445. The standard InChI is InChI=1S/C26H22FNO3S/c27-22-14-6-4-13-21(22)18-31-23-15-7-5-12-20(23)17-24-25(29)28(26(30)32-24)16-8-11-19-9-2-1-3-10-19/h1-7,9-10,12-15,17H,8,11,16,18H2/b24-17+. The van der Waals surface area contributed by atoms with Crippen molar-refractivity contribution in [3.05, 3.63) is 106 Å². The van der Waals surface area contributed by atoms with Crippen LogP contribution in [0.25, 0.3) is 6.08 Å². The summed E-state index contributed by atoms with van der Waals surface area (Å²) in [7, 11) is 0. The van der Waals surface area contributed by atoms with Crippen LogP contribution in [-0.2, 0) is 17.8 Å². The zero-order valence-electron chi connectivity index (χ0n) is 17.4. The fraction of sp³-hybridized carbons (Fsp3) is 0.154. The first-order chi connectivity index (χ1) is 15.6. The second-order valence-corrected chi connectivity index (χ2v) is 8.33. The van der Waals surface area contributed by atoms with Crippen LogP contribution in [0.5, 0.6) is 5.75 Å². The molecule has 1 heterocycles. The number of hydrogen-bond donors (Lipinski definition) is 0. The van der Waals surface area contributed by atoms with Crippen LogP contribution in [0.3, 0.4) is 0 Å². The lowest BCUT2D eigenvalue weighted by Gasteiger charge is -2.12. The van der Waals surface area contributed by atoms with Crippen molar-refractivity contribution in [3.8, 4) is 5.75 Å². The van der Waals surface area contributed by atoms with Gasteiger partial charge in [-0.1, -0.05) is 66.7 Å². The van der Waals surface area contributed by atoms with Crippen LogP contribution in [0.2, 0.25) is 0 Å². The fourth-order valence-corrected chi connectivity index (χ4v) is 4.28. The predicted molar refractivity (Wildman–Crippen MR) is 125 cm³/mol. The molecule has 1 saturated heterocycles. The van der Waals surface area contributed by atoms with Gasteiger partial charge in [-0.3, -0.25) is 14.5 Å². The van der Waals surface area contributed by atoms with Crippen molar-refractivity contribution in [1.82, 2.24) is 4.90 Å². The van der Waals surface area contributed by atoms with Crippen LogP contribution in [0, 0.1) is 5.82 Å². The molecule has 1 aliphatic rings. The number of ether oxygens (including phenoxy) is 1. The number of imide groups is 1. The van der Waals surface area contributed by atoms with Gasteiger partial charge in [0.05, 0.1) is 4.91 Å². The Balaban J connectivity index is 1.43. The van der Waals surface area contributed by atoms with E-state index in [0.29, 0.717) is 34.7 Å². The highest BCUT2D eigenvalue weighted by atomic mass is 32.2. The number of para-hydroxylation sites is 1. The molecule has 0 atom stereocenters. The van der Waals surface area contributed by atoms with E-state index in [0.717, 1.165) is 18.2 Å². The van der Waals surface area contributed by atoms with Gasteiger partial charge in [-0.05, 0) is 48.4 Å². The quantitative estimate of drug-likeness (QED) is 0.393. The van der Waals surface area contributed by atoms with Gasteiger partial charge in [0, 0.05) is 17.7 Å². The maximum absolute atomic E-state index is 13.9. The molecule has 1 aliphatic heterocycles. The summed E-state index contributed by atoms with van der Waals surface area (Å²) in [6.07, 6.45) is 3.17. The first kappa shape index (κ1) is 21.8. The normalized spacial score (nSPS) is 14.9. The molecule has 0 unspecified atom stereocenters. The molecule has 0 radical (unpaired) electrons. The second kappa shape index (κ2) is 10.3. The molecule has 0 aromatic heterocycles. The number of thioether (sulfide) groups is 1. The highest BCUT2D eigenvalue weighted by molar-refractivity contribution is 8.18.